The third-order valence-corrected chi connectivity index (χ3v) is 4.49. The van der Waals surface area contributed by atoms with Crippen LogP contribution in [0.2, 0.25) is 0 Å². The van der Waals surface area contributed by atoms with Gasteiger partial charge in [0.1, 0.15) is 11.6 Å². The van der Waals surface area contributed by atoms with Crippen molar-refractivity contribution in [2.24, 2.45) is 0 Å². The van der Waals surface area contributed by atoms with Crippen LogP contribution in [-0.2, 0) is 4.79 Å². The molecule has 0 radical (unpaired) electrons. The zero-order valence-electron chi connectivity index (χ0n) is 13.9. The number of nitrogens with one attached hydrogen (secondary N) is 3. The maximum atomic E-state index is 12.2. The van der Waals surface area contributed by atoms with E-state index in [0.717, 1.165) is 29.1 Å². The van der Waals surface area contributed by atoms with Crippen molar-refractivity contribution in [3.8, 4) is 0 Å². The third kappa shape index (κ3) is 3.76. The van der Waals surface area contributed by atoms with E-state index in [9.17, 15) is 4.79 Å². The lowest BCUT2D eigenvalue weighted by molar-refractivity contribution is -0.119. The van der Waals surface area contributed by atoms with Gasteiger partial charge in [-0.3, -0.25) is 9.89 Å². The van der Waals surface area contributed by atoms with E-state index < -0.39 is 0 Å². The first-order valence-electron chi connectivity index (χ1n) is 7.82. The molecule has 0 saturated heterocycles. The molecule has 1 aromatic carbocycles. The molecule has 0 aliphatic heterocycles. The van der Waals surface area contributed by atoms with E-state index >= 15 is 0 Å². The number of fused-ring (bicyclic) bond motifs is 1. The van der Waals surface area contributed by atoms with Gasteiger partial charge in [-0.2, -0.15) is 0 Å². The standard InChI is InChI=1S/C16H20N6OS/c1-4-11(15-19-12-6-5-9(2)7-13(12)20-15)18-14(23)8-24-16-17-10(3)21-22-16/h5-7,11H,4,8H2,1-3H3,(H,18,23)(H,19,20)(H,17,21,22)/t11-/m0/s1. The molecule has 24 heavy (non-hydrogen) atoms. The second kappa shape index (κ2) is 7.04. The highest BCUT2D eigenvalue weighted by atomic mass is 32.2. The molecule has 126 valence electrons. The second-order valence-corrected chi connectivity index (χ2v) is 6.61. The van der Waals surface area contributed by atoms with Crippen molar-refractivity contribution in [2.75, 3.05) is 5.75 Å². The quantitative estimate of drug-likeness (QED) is 0.597. The molecule has 3 rings (SSSR count). The van der Waals surface area contributed by atoms with Gasteiger partial charge in [0.05, 0.1) is 22.8 Å². The summed E-state index contributed by atoms with van der Waals surface area (Å²) in [6, 6.07) is 5.93. The van der Waals surface area contributed by atoms with E-state index in [0.29, 0.717) is 5.16 Å². The Kier molecular flexibility index (Phi) is 4.84. The summed E-state index contributed by atoms with van der Waals surface area (Å²) in [7, 11) is 0. The second-order valence-electron chi connectivity index (χ2n) is 5.66. The van der Waals surface area contributed by atoms with Crippen molar-refractivity contribution in [2.45, 2.75) is 38.4 Å². The zero-order valence-corrected chi connectivity index (χ0v) is 14.7. The Morgan fingerprint density at radius 3 is 2.88 bits per heavy atom. The van der Waals surface area contributed by atoms with E-state index in [4.69, 9.17) is 0 Å². The van der Waals surface area contributed by atoms with Crippen LogP contribution in [0, 0.1) is 13.8 Å². The Morgan fingerprint density at radius 1 is 1.33 bits per heavy atom. The van der Waals surface area contributed by atoms with Gasteiger partial charge >= 0.3 is 0 Å². The number of rotatable bonds is 6. The third-order valence-electron chi connectivity index (χ3n) is 3.64. The number of thioether (sulfide) groups is 1. The van der Waals surface area contributed by atoms with E-state index in [-0.39, 0.29) is 17.7 Å². The van der Waals surface area contributed by atoms with Crippen LogP contribution >= 0.6 is 11.8 Å². The molecule has 0 fully saturated rings. The van der Waals surface area contributed by atoms with Crippen LogP contribution in [0.3, 0.4) is 0 Å². The van der Waals surface area contributed by atoms with Crippen molar-refractivity contribution in [1.29, 1.82) is 0 Å². The van der Waals surface area contributed by atoms with Gasteiger partial charge in [-0.15, -0.1) is 5.10 Å². The van der Waals surface area contributed by atoms with Crippen LogP contribution < -0.4 is 5.32 Å². The molecule has 0 saturated carbocycles. The summed E-state index contributed by atoms with van der Waals surface area (Å²) in [6.07, 6.45) is 0.759. The van der Waals surface area contributed by atoms with Crippen LogP contribution in [0.25, 0.3) is 11.0 Å². The molecule has 2 heterocycles. The fourth-order valence-corrected chi connectivity index (χ4v) is 3.08. The van der Waals surface area contributed by atoms with Crippen LogP contribution in [0.5, 0.6) is 0 Å². The number of hydrogen-bond donors (Lipinski definition) is 3. The lowest BCUT2D eigenvalue weighted by Gasteiger charge is -2.14. The monoisotopic (exact) mass is 344 g/mol. The smallest absolute Gasteiger partial charge is 0.231 e. The van der Waals surface area contributed by atoms with Gasteiger partial charge in [0.2, 0.25) is 11.1 Å². The van der Waals surface area contributed by atoms with Gasteiger partial charge in [-0.25, -0.2) is 9.97 Å². The van der Waals surface area contributed by atoms with Crippen LogP contribution in [-0.4, -0.2) is 36.8 Å². The number of carbonyl (C=O) groups is 1. The highest BCUT2D eigenvalue weighted by molar-refractivity contribution is 7.99. The first-order valence-corrected chi connectivity index (χ1v) is 8.81. The van der Waals surface area contributed by atoms with Gasteiger partial charge < -0.3 is 10.3 Å². The zero-order chi connectivity index (χ0) is 17.1. The molecule has 2 aromatic heterocycles. The number of H-pyrrole nitrogens is 2. The molecule has 0 spiro atoms. The Bertz CT molecular complexity index is 855. The van der Waals surface area contributed by atoms with E-state index in [1.54, 1.807) is 0 Å². The molecule has 1 atom stereocenters. The molecule has 0 aliphatic rings. The van der Waals surface area contributed by atoms with Gasteiger partial charge in [0.25, 0.3) is 0 Å². The summed E-state index contributed by atoms with van der Waals surface area (Å²) in [5.74, 6) is 1.73. The fourth-order valence-electron chi connectivity index (χ4n) is 2.42. The molecule has 8 heteroatoms. The summed E-state index contributed by atoms with van der Waals surface area (Å²) in [5, 5.41) is 10.4. The lowest BCUT2D eigenvalue weighted by atomic mass is 10.2. The van der Waals surface area contributed by atoms with Gasteiger partial charge in [-0.05, 0) is 38.0 Å². The Balaban J connectivity index is 1.65. The summed E-state index contributed by atoms with van der Waals surface area (Å²) in [5.41, 5.74) is 3.07. The van der Waals surface area contributed by atoms with Crippen molar-refractivity contribution in [1.82, 2.24) is 30.5 Å². The normalized spacial score (nSPS) is 12.5. The number of aryl methyl sites for hydroxylation is 2. The van der Waals surface area contributed by atoms with E-state index in [1.807, 2.05) is 32.9 Å². The highest BCUT2D eigenvalue weighted by Gasteiger charge is 2.17. The SMILES string of the molecule is CC[C@H](NC(=O)CSc1n[nH]c(C)n1)c1nc2ccc(C)cc2[nH]1. The van der Waals surface area contributed by atoms with Crippen molar-refractivity contribution in [3.05, 3.63) is 35.4 Å². The molecule has 1 amide bonds. The van der Waals surface area contributed by atoms with E-state index in [1.165, 1.54) is 17.3 Å². The van der Waals surface area contributed by atoms with Crippen molar-refractivity contribution < 1.29 is 4.79 Å². The van der Waals surface area contributed by atoms with Crippen LogP contribution in [0.4, 0.5) is 0 Å². The lowest BCUT2D eigenvalue weighted by Crippen LogP contribution is -2.30. The van der Waals surface area contributed by atoms with Crippen LogP contribution in [0.15, 0.2) is 23.4 Å². The largest absolute Gasteiger partial charge is 0.345 e. The molecule has 3 N–H and O–H groups in total. The summed E-state index contributed by atoms with van der Waals surface area (Å²) >= 11 is 1.31. The topological polar surface area (TPSA) is 99.3 Å². The predicted molar refractivity (Wildman–Crippen MR) is 93.8 cm³/mol. The molecular weight excluding hydrogens is 324 g/mol. The Morgan fingerprint density at radius 2 is 2.17 bits per heavy atom. The summed E-state index contributed by atoms with van der Waals surface area (Å²) in [4.78, 5) is 24.3. The number of carbonyl (C=O) groups excluding carboxylic acids is 1. The van der Waals surface area contributed by atoms with Crippen molar-refractivity contribution >= 4 is 28.7 Å². The highest BCUT2D eigenvalue weighted by Crippen LogP contribution is 2.20. The number of benzene rings is 1. The van der Waals surface area contributed by atoms with Crippen LogP contribution in [0.1, 0.15) is 36.6 Å². The molecule has 0 bridgehead atoms. The maximum absolute atomic E-state index is 12.2. The number of amides is 1. The minimum atomic E-state index is -0.139. The molecule has 0 aliphatic carbocycles. The molecule has 7 nitrogen and oxygen atoms in total. The minimum absolute atomic E-state index is 0.0639. The minimum Gasteiger partial charge on any atom is -0.345 e. The number of aromatic nitrogens is 5. The summed E-state index contributed by atoms with van der Waals surface area (Å²) in [6.45, 7) is 5.89. The van der Waals surface area contributed by atoms with Gasteiger partial charge in [0, 0.05) is 0 Å². The number of nitrogens with zero attached hydrogens (tertiary/aromatic N) is 3. The Hall–Kier alpha value is -2.35. The average molecular weight is 344 g/mol. The predicted octanol–water partition coefficient (Wildman–Crippen LogP) is 2.66. The first kappa shape index (κ1) is 16.5. The van der Waals surface area contributed by atoms with Gasteiger partial charge in [0.15, 0.2) is 0 Å². The molecular formula is C16H20N6OS. The van der Waals surface area contributed by atoms with Gasteiger partial charge in [-0.1, -0.05) is 24.8 Å². The fraction of sp³-hybridized carbons (Fsp3) is 0.375. The first-order chi connectivity index (χ1) is 11.5. The van der Waals surface area contributed by atoms with Crippen molar-refractivity contribution in [3.63, 3.8) is 0 Å². The number of aromatic amines is 2. The number of imidazole rings is 1. The maximum Gasteiger partial charge on any atom is 0.231 e. The molecule has 0 unspecified atom stereocenters. The van der Waals surface area contributed by atoms with E-state index in [2.05, 4.69) is 36.5 Å². The number of hydrogen-bond acceptors (Lipinski definition) is 5. The summed E-state index contributed by atoms with van der Waals surface area (Å²) < 4.78 is 0. The molecule has 3 aromatic rings. The Labute approximate surface area is 144 Å². The average Bonchev–Trinajstić information content (AvgIpc) is 3.16.